The first kappa shape index (κ1) is 14.2. The van der Waals surface area contributed by atoms with Gasteiger partial charge in [0, 0.05) is 24.6 Å². The minimum absolute atomic E-state index is 0.0145. The van der Waals surface area contributed by atoms with Crippen LogP contribution in [0.15, 0.2) is 42.7 Å². The van der Waals surface area contributed by atoms with E-state index in [0.717, 1.165) is 11.3 Å². The summed E-state index contributed by atoms with van der Waals surface area (Å²) in [5, 5.41) is 6.94. The average molecular weight is 274 g/mol. The van der Waals surface area contributed by atoms with Gasteiger partial charge in [0.15, 0.2) is 0 Å². The number of carbonyl (C=O) groups is 1. The van der Waals surface area contributed by atoms with Crippen LogP contribution in [0.25, 0.3) is 0 Å². The Morgan fingerprint density at radius 1 is 1.40 bits per heavy atom. The first-order valence-corrected chi connectivity index (χ1v) is 6.42. The van der Waals surface area contributed by atoms with Crippen LogP contribution in [-0.4, -0.2) is 35.4 Å². The maximum Gasteiger partial charge on any atom is 0.250 e. The first-order valence-electron chi connectivity index (χ1n) is 6.42. The lowest BCUT2D eigenvalue weighted by Gasteiger charge is -2.08. The van der Waals surface area contributed by atoms with Crippen molar-refractivity contribution in [2.45, 2.75) is 6.54 Å². The van der Waals surface area contributed by atoms with Crippen molar-refractivity contribution >= 4 is 11.6 Å². The second-order valence-electron chi connectivity index (χ2n) is 4.29. The van der Waals surface area contributed by atoms with Gasteiger partial charge in [-0.3, -0.25) is 9.48 Å². The molecule has 0 saturated carbocycles. The van der Waals surface area contributed by atoms with Gasteiger partial charge in [-0.2, -0.15) is 5.10 Å². The molecule has 0 bridgehead atoms. The van der Waals surface area contributed by atoms with Gasteiger partial charge >= 0.3 is 0 Å². The molecule has 0 aliphatic carbocycles. The number of benzene rings is 1. The fourth-order valence-electron chi connectivity index (χ4n) is 1.77. The molecule has 0 radical (unpaired) electrons. The Kier molecular flexibility index (Phi) is 5.28. The molecule has 1 aromatic carbocycles. The lowest BCUT2D eigenvalue weighted by atomic mass is 10.2. The van der Waals surface area contributed by atoms with Crippen molar-refractivity contribution < 1.29 is 9.53 Å². The summed E-state index contributed by atoms with van der Waals surface area (Å²) in [5.74, 6) is -0.185. The fourth-order valence-corrected chi connectivity index (χ4v) is 1.77. The summed E-state index contributed by atoms with van der Waals surface area (Å²) in [5.41, 5.74) is 7.10. The molecule has 1 heterocycles. The van der Waals surface area contributed by atoms with Crippen molar-refractivity contribution in [2.75, 3.05) is 25.1 Å². The Hall–Kier alpha value is -2.18. The maximum absolute atomic E-state index is 11.6. The molecule has 0 atom stereocenters. The summed E-state index contributed by atoms with van der Waals surface area (Å²) in [6, 6.07) is 9.52. The standard InChI is InChI=1S/C14H18N4O2/c15-5-8-20-11-14(19)17-13-4-1-3-12(9-13)10-18-7-2-6-16-18/h1-4,6-7,9H,5,8,10-11,15H2,(H,17,19). The largest absolute Gasteiger partial charge is 0.370 e. The molecule has 106 valence electrons. The van der Waals surface area contributed by atoms with Crippen LogP contribution in [0.3, 0.4) is 0 Å². The number of amides is 1. The van der Waals surface area contributed by atoms with Crippen molar-refractivity contribution in [2.24, 2.45) is 5.73 Å². The smallest absolute Gasteiger partial charge is 0.250 e. The Morgan fingerprint density at radius 2 is 2.30 bits per heavy atom. The van der Waals surface area contributed by atoms with Crippen molar-refractivity contribution in [3.05, 3.63) is 48.3 Å². The van der Waals surface area contributed by atoms with Crippen LogP contribution in [0.1, 0.15) is 5.56 Å². The van der Waals surface area contributed by atoms with Gasteiger partial charge in [-0.25, -0.2) is 0 Å². The van der Waals surface area contributed by atoms with Crippen LogP contribution in [0.5, 0.6) is 0 Å². The highest BCUT2D eigenvalue weighted by Gasteiger charge is 2.03. The Labute approximate surface area is 117 Å². The zero-order chi connectivity index (χ0) is 14.2. The third kappa shape index (κ3) is 4.49. The van der Waals surface area contributed by atoms with E-state index in [0.29, 0.717) is 19.7 Å². The number of nitrogens with zero attached hydrogens (tertiary/aromatic N) is 2. The first-order chi connectivity index (χ1) is 9.78. The molecule has 0 aliphatic rings. The van der Waals surface area contributed by atoms with Crippen LogP contribution >= 0.6 is 0 Å². The number of hydrogen-bond acceptors (Lipinski definition) is 4. The van der Waals surface area contributed by atoms with Crippen molar-refractivity contribution in [3.63, 3.8) is 0 Å². The number of ether oxygens (including phenoxy) is 1. The number of rotatable bonds is 7. The van der Waals surface area contributed by atoms with E-state index < -0.39 is 0 Å². The number of hydrogen-bond donors (Lipinski definition) is 2. The van der Waals surface area contributed by atoms with E-state index in [2.05, 4.69) is 10.4 Å². The molecule has 3 N–H and O–H groups in total. The SMILES string of the molecule is NCCOCC(=O)Nc1cccc(Cn2cccn2)c1. The second kappa shape index (κ2) is 7.42. The predicted octanol–water partition coefficient (Wildman–Crippen LogP) is 0.845. The van der Waals surface area contributed by atoms with Gasteiger partial charge in [0.25, 0.3) is 0 Å². The van der Waals surface area contributed by atoms with Crippen LogP contribution < -0.4 is 11.1 Å². The molecule has 1 aromatic heterocycles. The van der Waals surface area contributed by atoms with E-state index >= 15 is 0 Å². The predicted molar refractivity (Wildman–Crippen MR) is 76.3 cm³/mol. The molecular weight excluding hydrogens is 256 g/mol. The van der Waals surface area contributed by atoms with Crippen LogP contribution in [0, 0.1) is 0 Å². The van der Waals surface area contributed by atoms with Gasteiger partial charge < -0.3 is 15.8 Å². The van der Waals surface area contributed by atoms with Gasteiger partial charge in [0.05, 0.1) is 13.2 Å². The summed E-state index contributed by atoms with van der Waals surface area (Å²) >= 11 is 0. The molecule has 6 nitrogen and oxygen atoms in total. The molecule has 2 aromatic rings. The highest BCUT2D eigenvalue weighted by molar-refractivity contribution is 5.91. The number of anilines is 1. The molecule has 2 rings (SSSR count). The van der Waals surface area contributed by atoms with E-state index in [4.69, 9.17) is 10.5 Å². The third-order valence-corrected chi connectivity index (χ3v) is 2.61. The van der Waals surface area contributed by atoms with Gasteiger partial charge in [-0.05, 0) is 23.8 Å². The highest BCUT2D eigenvalue weighted by Crippen LogP contribution is 2.11. The number of aromatic nitrogens is 2. The van der Waals surface area contributed by atoms with Gasteiger partial charge in [0.2, 0.25) is 5.91 Å². The molecular formula is C14H18N4O2. The van der Waals surface area contributed by atoms with E-state index in [1.54, 1.807) is 6.20 Å². The molecule has 0 unspecified atom stereocenters. The maximum atomic E-state index is 11.6. The minimum Gasteiger partial charge on any atom is -0.370 e. The summed E-state index contributed by atoms with van der Waals surface area (Å²) < 4.78 is 6.91. The molecule has 0 aliphatic heterocycles. The van der Waals surface area contributed by atoms with Crippen LogP contribution in [0.4, 0.5) is 5.69 Å². The molecule has 0 spiro atoms. The number of nitrogens with one attached hydrogen (secondary N) is 1. The quantitative estimate of drug-likeness (QED) is 0.733. The molecule has 1 amide bonds. The zero-order valence-corrected chi connectivity index (χ0v) is 11.2. The summed E-state index contributed by atoms with van der Waals surface area (Å²) in [7, 11) is 0. The Bertz CT molecular complexity index is 540. The van der Waals surface area contributed by atoms with E-state index in [9.17, 15) is 4.79 Å². The topological polar surface area (TPSA) is 82.2 Å². The van der Waals surface area contributed by atoms with E-state index in [1.807, 2.05) is 41.2 Å². The summed E-state index contributed by atoms with van der Waals surface area (Å²) in [6.45, 7) is 1.47. The monoisotopic (exact) mass is 274 g/mol. The third-order valence-electron chi connectivity index (χ3n) is 2.61. The van der Waals surface area contributed by atoms with Crippen molar-refractivity contribution in [1.29, 1.82) is 0 Å². The Balaban J connectivity index is 1.90. The van der Waals surface area contributed by atoms with Crippen LogP contribution in [-0.2, 0) is 16.1 Å². The zero-order valence-electron chi connectivity index (χ0n) is 11.2. The Morgan fingerprint density at radius 3 is 3.05 bits per heavy atom. The minimum atomic E-state index is -0.185. The van der Waals surface area contributed by atoms with E-state index in [1.165, 1.54) is 0 Å². The summed E-state index contributed by atoms with van der Waals surface area (Å²) in [4.78, 5) is 11.6. The number of carbonyl (C=O) groups excluding carboxylic acids is 1. The fraction of sp³-hybridized carbons (Fsp3) is 0.286. The van der Waals surface area contributed by atoms with Crippen LogP contribution in [0.2, 0.25) is 0 Å². The molecule has 0 saturated heterocycles. The van der Waals surface area contributed by atoms with Gasteiger partial charge in [-0.1, -0.05) is 12.1 Å². The normalized spacial score (nSPS) is 10.4. The van der Waals surface area contributed by atoms with Gasteiger partial charge in [-0.15, -0.1) is 0 Å². The molecule has 20 heavy (non-hydrogen) atoms. The van der Waals surface area contributed by atoms with Crippen molar-refractivity contribution in [3.8, 4) is 0 Å². The van der Waals surface area contributed by atoms with Gasteiger partial charge in [0.1, 0.15) is 6.61 Å². The van der Waals surface area contributed by atoms with E-state index in [-0.39, 0.29) is 12.5 Å². The number of nitrogens with two attached hydrogens (primary N) is 1. The van der Waals surface area contributed by atoms with Crippen molar-refractivity contribution in [1.82, 2.24) is 9.78 Å². The molecule has 6 heteroatoms. The average Bonchev–Trinajstić information content (AvgIpc) is 2.92. The summed E-state index contributed by atoms with van der Waals surface area (Å²) in [6.07, 6.45) is 3.63. The second-order valence-corrected chi connectivity index (χ2v) is 4.29. The lowest BCUT2D eigenvalue weighted by molar-refractivity contribution is -0.120. The molecule has 0 fully saturated rings. The lowest BCUT2D eigenvalue weighted by Crippen LogP contribution is -2.20. The highest BCUT2D eigenvalue weighted by atomic mass is 16.5.